The standard InChI is InChI=1S/C20H18N6O/c21-12-16-17(9-5-11-24-20(27)14-6-2-1-3-7-14)25-19(26-18(16)22)15-8-4-10-23-13-15/h1-4,6-8,10,13H,5,9,11H2,(H,24,27)(H2,22,25,26). The Labute approximate surface area is 156 Å². The molecule has 1 aromatic carbocycles. The number of amides is 1. The molecule has 0 aliphatic rings. The van der Waals surface area contributed by atoms with E-state index < -0.39 is 0 Å². The van der Waals surface area contributed by atoms with Crippen molar-refractivity contribution in [1.29, 1.82) is 5.26 Å². The van der Waals surface area contributed by atoms with E-state index in [0.717, 1.165) is 5.56 Å². The Balaban J connectivity index is 1.68. The van der Waals surface area contributed by atoms with Crippen LogP contribution in [0.2, 0.25) is 0 Å². The number of benzene rings is 1. The van der Waals surface area contributed by atoms with E-state index >= 15 is 0 Å². The number of rotatable bonds is 6. The van der Waals surface area contributed by atoms with Crippen LogP contribution in [0, 0.1) is 11.3 Å². The van der Waals surface area contributed by atoms with Gasteiger partial charge in [-0.3, -0.25) is 9.78 Å². The molecule has 0 aliphatic carbocycles. The second kappa shape index (κ2) is 8.54. The van der Waals surface area contributed by atoms with Crippen molar-refractivity contribution in [1.82, 2.24) is 20.3 Å². The normalized spacial score (nSPS) is 10.2. The summed E-state index contributed by atoms with van der Waals surface area (Å²) in [6.45, 7) is 0.463. The van der Waals surface area contributed by atoms with E-state index in [1.165, 1.54) is 0 Å². The van der Waals surface area contributed by atoms with Gasteiger partial charge in [0.25, 0.3) is 5.91 Å². The molecule has 0 bridgehead atoms. The van der Waals surface area contributed by atoms with Crippen LogP contribution in [-0.4, -0.2) is 27.4 Å². The molecule has 2 aromatic heterocycles. The van der Waals surface area contributed by atoms with E-state index in [9.17, 15) is 10.1 Å². The van der Waals surface area contributed by atoms with Crippen LogP contribution < -0.4 is 11.1 Å². The summed E-state index contributed by atoms with van der Waals surface area (Å²) >= 11 is 0. The van der Waals surface area contributed by atoms with Crippen LogP contribution in [0.1, 0.15) is 28.0 Å². The molecule has 2 heterocycles. The number of carbonyl (C=O) groups is 1. The maximum Gasteiger partial charge on any atom is 0.251 e. The number of nitrogens with one attached hydrogen (secondary N) is 1. The van der Waals surface area contributed by atoms with E-state index in [1.54, 1.807) is 30.6 Å². The average molecular weight is 358 g/mol. The van der Waals surface area contributed by atoms with Gasteiger partial charge in [-0.25, -0.2) is 9.97 Å². The fraction of sp³-hybridized carbons (Fsp3) is 0.150. The lowest BCUT2D eigenvalue weighted by Gasteiger charge is -2.09. The van der Waals surface area contributed by atoms with Crippen LogP contribution in [0.4, 0.5) is 5.82 Å². The Bertz CT molecular complexity index is 967. The molecule has 0 aliphatic heterocycles. The molecule has 0 unspecified atom stereocenters. The van der Waals surface area contributed by atoms with Gasteiger partial charge in [-0.05, 0) is 37.1 Å². The van der Waals surface area contributed by atoms with Crippen LogP contribution >= 0.6 is 0 Å². The number of pyridine rings is 1. The van der Waals surface area contributed by atoms with Crippen LogP contribution in [0.15, 0.2) is 54.9 Å². The third-order valence-corrected chi connectivity index (χ3v) is 3.96. The van der Waals surface area contributed by atoms with Gasteiger partial charge in [0.2, 0.25) is 0 Å². The summed E-state index contributed by atoms with van der Waals surface area (Å²) in [5.41, 5.74) is 8.12. The van der Waals surface area contributed by atoms with Gasteiger partial charge in [0, 0.05) is 30.1 Å². The van der Waals surface area contributed by atoms with Gasteiger partial charge in [0.05, 0.1) is 5.69 Å². The molecule has 0 saturated carbocycles. The fourth-order valence-electron chi connectivity index (χ4n) is 2.60. The number of nitrogens with zero attached hydrogens (tertiary/aromatic N) is 4. The van der Waals surface area contributed by atoms with Crippen LogP contribution in [-0.2, 0) is 6.42 Å². The summed E-state index contributed by atoms with van der Waals surface area (Å²) in [7, 11) is 0. The lowest BCUT2D eigenvalue weighted by atomic mass is 10.1. The lowest BCUT2D eigenvalue weighted by molar-refractivity contribution is 0.0953. The predicted molar refractivity (Wildman–Crippen MR) is 101 cm³/mol. The molecule has 3 aromatic rings. The summed E-state index contributed by atoms with van der Waals surface area (Å²) in [6, 6.07) is 14.7. The van der Waals surface area contributed by atoms with Crippen LogP contribution in [0.3, 0.4) is 0 Å². The number of nitriles is 1. The van der Waals surface area contributed by atoms with Crippen molar-refractivity contribution < 1.29 is 4.79 Å². The van der Waals surface area contributed by atoms with Crippen molar-refractivity contribution >= 4 is 11.7 Å². The van der Waals surface area contributed by atoms with E-state index in [2.05, 4.69) is 26.3 Å². The number of carbonyl (C=O) groups excluding carboxylic acids is 1. The summed E-state index contributed by atoms with van der Waals surface area (Å²) in [6.07, 6.45) is 4.42. The highest BCUT2D eigenvalue weighted by molar-refractivity contribution is 5.94. The Kier molecular flexibility index (Phi) is 5.70. The number of hydrogen-bond donors (Lipinski definition) is 2. The third kappa shape index (κ3) is 4.44. The molecular weight excluding hydrogens is 340 g/mol. The third-order valence-electron chi connectivity index (χ3n) is 3.96. The molecule has 7 heteroatoms. The largest absolute Gasteiger partial charge is 0.382 e. The molecule has 27 heavy (non-hydrogen) atoms. The Morgan fingerprint density at radius 3 is 2.67 bits per heavy atom. The summed E-state index contributed by atoms with van der Waals surface area (Å²) < 4.78 is 0. The van der Waals surface area contributed by atoms with Gasteiger partial charge in [0.1, 0.15) is 17.5 Å². The molecule has 0 saturated heterocycles. The van der Waals surface area contributed by atoms with Gasteiger partial charge in [-0.1, -0.05) is 18.2 Å². The fourth-order valence-corrected chi connectivity index (χ4v) is 2.60. The van der Waals surface area contributed by atoms with Gasteiger partial charge >= 0.3 is 0 Å². The minimum absolute atomic E-state index is 0.130. The van der Waals surface area contributed by atoms with Gasteiger partial charge < -0.3 is 11.1 Å². The molecule has 0 fully saturated rings. The van der Waals surface area contributed by atoms with Crippen molar-refractivity contribution in [3.63, 3.8) is 0 Å². The summed E-state index contributed by atoms with van der Waals surface area (Å²) in [5, 5.41) is 12.2. The molecule has 1 amide bonds. The number of anilines is 1. The molecule has 7 nitrogen and oxygen atoms in total. The van der Waals surface area contributed by atoms with Crippen LogP contribution in [0.5, 0.6) is 0 Å². The summed E-state index contributed by atoms with van der Waals surface area (Å²) in [4.78, 5) is 24.8. The van der Waals surface area contributed by atoms with Crippen molar-refractivity contribution in [2.45, 2.75) is 12.8 Å². The zero-order valence-corrected chi connectivity index (χ0v) is 14.6. The van der Waals surface area contributed by atoms with Crippen molar-refractivity contribution in [2.75, 3.05) is 12.3 Å². The number of nitrogen functional groups attached to an aromatic ring is 1. The highest BCUT2D eigenvalue weighted by Crippen LogP contribution is 2.20. The highest BCUT2D eigenvalue weighted by atomic mass is 16.1. The average Bonchev–Trinajstić information content (AvgIpc) is 2.72. The first-order chi connectivity index (χ1) is 13.2. The minimum atomic E-state index is -0.130. The first-order valence-electron chi connectivity index (χ1n) is 8.49. The Morgan fingerprint density at radius 1 is 1.15 bits per heavy atom. The van der Waals surface area contributed by atoms with Crippen molar-refractivity contribution in [3.05, 3.63) is 71.7 Å². The van der Waals surface area contributed by atoms with Gasteiger partial charge in [0.15, 0.2) is 5.82 Å². The lowest BCUT2D eigenvalue weighted by Crippen LogP contribution is -2.24. The topological polar surface area (TPSA) is 118 Å². The SMILES string of the molecule is N#Cc1c(N)nc(-c2cccnc2)nc1CCCNC(=O)c1ccccc1. The Hall–Kier alpha value is -3.79. The quantitative estimate of drug-likeness (QED) is 0.653. The number of aromatic nitrogens is 3. The molecule has 134 valence electrons. The second-order valence-corrected chi connectivity index (χ2v) is 5.83. The maximum absolute atomic E-state index is 12.1. The van der Waals surface area contributed by atoms with E-state index in [0.29, 0.717) is 36.5 Å². The first kappa shape index (κ1) is 18.0. The molecule has 0 radical (unpaired) electrons. The van der Waals surface area contributed by atoms with Crippen molar-refractivity contribution in [3.8, 4) is 17.5 Å². The molecule has 0 spiro atoms. The molecular formula is C20H18N6O. The van der Waals surface area contributed by atoms with Gasteiger partial charge in [-0.15, -0.1) is 0 Å². The summed E-state index contributed by atoms with van der Waals surface area (Å²) in [5.74, 6) is 0.451. The molecule has 3 N–H and O–H groups in total. The number of aryl methyl sites for hydroxylation is 1. The first-order valence-corrected chi connectivity index (χ1v) is 8.49. The highest BCUT2D eigenvalue weighted by Gasteiger charge is 2.13. The number of hydrogen-bond acceptors (Lipinski definition) is 6. The van der Waals surface area contributed by atoms with E-state index in [-0.39, 0.29) is 17.3 Å². The number of nitrogens with two attached hydrogens (primary N) is 1. The van der Waals surface area contributed by atoms with E-state index in [4.69, 9.17) is 5.73 Å². The smallest absolute Gasteiger partial charge is 0.251 e. The van der Waals surface area contributed by atoms with Gasteiger partial charge in [-0.2, -0.15) is 5.26 Å². The minimum Gasteiger partial charge on any atom is -0.382 e. The second-order valence-electron chi connectivity index (χ2n) is 5.83. The predicted octanol–water partition coefficient (Wildman–Crippen LogP) is 2.36. The zero-order chi connectivity index (χ0) is 19.1. The van der Waals surface area contributed by atoms with E-state index in [1.807, 2.05) is 24.3 Å². The van der Waals surface area contributed by atoms with Crippen molar-refractivity contribution in [2.24, 2.45) is 0 Å². The maximum atomic E-state index is 12.1. The zero-order valence-electron chi connectivity index (χ0n) is 14.6. The van der Waals surface area contributed by atoms with Crippen LogP contribution in [0.25, 0.3) is 11.4 Å². The molecule has 0 atom stereocenters. The monoisotopic (exact) mass is 358 g/mol. The Morgan fingerprint density at radius 2 is 1.96 bits per heavy atom. The molecule has 3 rings (SSSR count).